The largest absolute Gasteiger partial charge is 0.497 e. The summed E-state index contributed by atoms with van der Waals surface area (Å²) in [5.74, 6) is -2.11. The summed E-state index contributed by atoms with van der Waals surface area (Å²) in [6.45, 7) is -0.0212. The minimum atomic E-state index is -1.64. The SMILES string of the molecule is COc1ccc(OC(=O)C(C(=O)Oc2ccc(OC)cc2)[C@H](NC(=O)OCc2ccccc2)c2ccccc2Br)cc1. The molecule has 4 aromatic carbocycles. The van der Waals surface area contributed by atoms with Gasteiger partial charge >= 0.3 is 18.0 Å². The van der Waals surface area contributed by atoms with Gasteiger partial charge < -0.3 is 29.0 Å². The number of hydrogen-bond acceptors (Lipinski definition) is 8. The molecule has 0 fully saturated rings. The van der Waals surface area contributed by atoms with E-state index in [9.17, 15) is 14.4 Å². The third kappa shape index (κ3) is 8.11. The first kappa shape index (κ1) is 30.1. The van der Waals surface area contributed by atoms with Crippen molar-refractivity contribution in [3.8, 4) is 23.0 Å². The lowest BCUT2D eigenvalue weighted by molar-refractivity contribution is -0.152. The van der Waals surface area contributed by atoms with Crippen molar-refractivity contribution in [1.82, 2.24) is 5.32 Å². The highest BCUT2D eigenvalue weighted by molar-refractivity contribution is 9.10. The third-order valence-corrected chi connectivity index (χ3v) is 6.85. The first-order chi connectivity index (χ1) is 20.4. The quantitative estimate of drug-likeness (QED) is 0.117. The maximum Gasteiger partial charge on any atom is 0.407 e. The fourth-order valence-corrected chi connectivity index (χ4v) is 4.51. The highest BCUT2D eigenvalue weighted by Gasteiger charge is 2.41. The Morgan fingerprint density at radius 3 is 1.64 bits per heavy atom. The number of methoxy groups -OCH3 is 2. The van der Waals surface area contributed by atoms with Gasteiger partial charge in [-0.15, -0.1) is 0 Å². The Balaban J connectivity index is 1.66. The Morgan fingerprint density at radius 1 is 0.667 bits per heavy atom. The Morgan fingerprint density at radius 2 is 1.14 bits per heavy atom. The van der Waals surface area contributed by atoms with Crippen molar-refractivity contribution in [1.29, 1.82) is 0 Å². The number of carbonyl (C=O) groups excluding carboxylic acids is 3. The van der Waals surface area contributed by atoms with Gasteiger partial charge in [0, 0.05) is 4.47 Å². The third-order valence-electron chi connectivity index (χ3n) is 6.12. The van der Waals surface area contributed by atoms with Crippen LogP contribution in [-0.4, -0.2) is 32.3 Å². The molecule has 0 heterocycles. The molecule has 0 aliphatic heterocycles. The summed E-state index contributed by atoms with van der Waals surface area (Å²) >= 11 is 3.47. The molecule has 1 amide bonds. The molecule has 0 radical (unpaired) electrons. The van der Waals surface area contributed by atoms with Gasteiger partial charge in [-0.25, -0.2) is 4.79 Å². The van der Waals surface area contributed by atoms with E-state index >= 15 is 0 Å². The topological polar surface area (TPSA) is 109 Å². The van der Waals surface area contributed by atoms with Crippen LogP contribution in [0.1, 0.15) is 17.2 Å². The molecule has 0 aliphatic carbocycles. The minimum absolute atomic E-state index is 0.0212. The van der Waals surface area contributed by atoms with E-state index in [0.29, 0.717) is 21.5 Å². The molecule has 4 aromatic rings. The van der Waals surface area contributed by atoms with E-state index in [1.54, 1.807) is 60.7 Å². The summed E-state index contributed by atoms with van der Waals surface area (Å²) in [7, 11) is 3.02. The molecule has 0 saturated heterocycles. The van der Waals surface area contributed by atoms with E-state index < -0.39 is 30.0 Å². The molecule has 0 saturated carbocycles. The molecule has 0 spiro atoms. The molecule has 1 atom stereocenters. The summed E-state index contributed by atoms with van der Waals surface area (Å²) in [5, 5.41) is 2.68. The number of amides is 1. The van der Waals surface area contributed by atoms with E-state index in [-0.39, 0.29) is 18.1 Å². The molecule has 0 aliphatic rings. The molecular weight excluding hydrogens is 606 g/mol. The van der Waals surface area contributed by atoms with Gasteiger partial charge in [0.05, 0.1) is 20.3 Å². The van der Waals surface area contributed by atoms with E-state index in [1.807, 2.05) is 18.2 Å². The second-order valence-electron chi connectivity index (χ2n) is 8.88. The molecule has 10 heteroatoms. The van der Waals surface area contributed by atoms with Crippen LogP contribution in [0.4, 0.5) is 4.79 Å². The molecule has 216 valence electrons. The lowest BCUT2D eigenvalue weighted by atomic mass is 9.92. The zero-order valence-corrected chi connectivity index (χ0v) is 24.4. The highest BCUT2D eigenvalue weighted by atomic mass is 79.9. The molecule has 1 N–H and O–H groups in total. The van der Waals surface area contributed by atoms with E-state index in [0.717, 1.165) is 5.56 Å². The van der Waals surface area contributed by atoms with E-state index in [2.05, 4.69) is 21.2 Å². The summed E-state index contributed by atoms with van der Waals surface area (Å²) in [5.41, 5.74) is 1.19. The second kappa shape index (κ2) is 14.7. The Bertz CT molecular complexity index is 1430. The van der Waals surface area contributed by atoms with Crippen molar-refractivity contribution in [2.24, 2.45) is 5.92 Å². The number of alkyl carbamates (subject to hydrolysis) is 1. The van der Waals surface area contributed by atoms with Crippen LogP contribution in [-0.2, 0) is 20.9 Å². The first-order valence-corrected chi connectivity index (χ1v) is 13.6. The number of hydrogen-bond donors (Lipinski definition) is 1. The van der Waals surface area contributed by atoms with Crippen LogP contribution in [0.15, 0.2) is 108 Å². The summed E-state index contributed by atoms with van der Waals surface area (Å²) in [4.78, 5) is 40.4. The van der Waals surface area contributed by atoms with Gasteiger partial charge in [-0.1, -0.05) is 64.5 Å². The second-order valence-corrected chi connectivity index (χ2v) is 9.73. The number of halogens is 1. The van der Waals surface area contributed by atoms with Crippen molar-refractivity contribution < 1.29 is 38.1 Å². The van der Waals surface area contributed by atoms with Crippen molar-refractivity contribution >= 4 is 34.0 Å². The summed E-state index contributed by atoms with van der Waals surface area (Å²) < 4.78 is 27.5. The Kier molecular flexibility index (Phi) is 10.5. The Labute approximate surface area is 251 Å². The predicted molar refractivity (Wildman–Crippen MR) is 157 cm³/mol. The van der Waals surface area contributed by atoms with Crippen LogP contribution < -0.4 is 24.3 Å². The number of esters is 2. The lowest BCUT2D eigenvalue weighted by Gasteiger charge is -2.26. The van der Waals surface area contributed by atoms with Crippen LogP contribution in [0.3, 0.4) is 0 Å². The van der Waals surface area contributed by atoms with E-state index in [4.69, 9.17) is 23.7 Å². The van der Waals surface area contributed by atoms with Crippen LogP contribution >= 0.6 is 15.9 Å². The molecule has 0 unspecified atom stereocenters. The summed E-state index contributed by atoms with van der Waals surface area (Å²) in [6.07, 6.45) is -0.848. The average molecular weight is 634 g/mol. The molecule has 42 heavy (non-hydrogen) atoms. The average Bonchev–Trinajstić information content (AvgIpc) is 3.01. The molecule has 0 bridgehead atoms. The first-order valence-electron chi connectivity index (χ1n) is 12.8. The van der Waals surface area contributed by atoms with Crippen molar-refractivity contribution in [2.75, 3.05) is 14.2 Å². The number of carbonyl (C=O) groups is 3. The number of nitrogens with one attached hydrogen (secondary N) is 1. The maximum absolute atomic E-state index is 13.7. The molecule has 9 nitrogen and oxygen atoms in total. The minimum Gasteiger partial charge on any atom is -0.497 e. The Hall–Kier alpha value is -4.83. The highest BCUT2D eigenvalue weighted by Crippen LogP contribution is 2.32. The van der Waals surface area contributed by atoms with Crippen LogP contribution in [0.5, 0.6) is 23.0 Å². The number of rotatable bonds is 11. The van der Waals surface area contributed by atoms with Crippen LogP contribution in [0.25, 0.3) is 0 Å². The van der Waals surface area contributed by atoms with Crippen LogP contribution in [0.2, 0.25) is 0 Å². The monoisotopic (exact) mass is 633 g/mol. The predicted octanol–water partition coefficient (Wildman–Crippen LogP) is 6.26. The maximum atomic E-state index is 13.7. The molecule has 4 rings (SSSR count). The van der Waals surface area contributed by atoms with Gasteiger partial charge in [0.1, 0.15) is 29.6 Å². The van der Waals surface area contributed by atoms with Gasteiger partial charge in [-0.3, -0.25) is 9.59 Å². The normalized spacial score (nSPS) is 11.2. The summed E-state index contributed by atoms with van der Waals surface area (Å²) in [6, 6.07) is 27.3. The fraction of sp³-hybridized carbons (Fsp3) is 0.156. The van der Waals surface area contributed by atoms with Gasteiger partial charge in [-0.2, -0.15) is 0 Å². The van der Waals surface area contributed by atoms with Gasteiger partial charge in [0.15, 0.2) is 5.92 Å². The fourth-order valence-electron chi connectivity index (χ4n) is 3.97. The zero-order chi connectivity index (χ0) is 29.9. The van der Waals surface area contributed by atoms with Crippen molar-refractivity contribution in [3.05, 3.63) is 119 Å². The van der Waals surface area contributed by atoms with Gasteiger partial charge in [0.2, 0.25) is 0 Å². The lowest BCUT2D eigenvalue weighted by Crippen LogP contribution is -2.44. The smallest absolute Gasteiger partial charge is 0.407 e. The van der Waals surface area contributed by atoms with Crippen molar-refractivity contribution in [2.45, 2.75) is 12.6 Å². The van der Waals surface area contributed by atoms with Gasteiger partial charge in [-0.05, 0) is 65.7 Å². The van der Waals surface area contributed by atoms with E-state index in [1.165, 1.54) is 38.5 Å². The standard InChI is InChI=1S/C32H28BrNO8/c1-38-22-12-16-24(17-13-22)41-30(35)28(31(36)42-25-18-14-23(39-2)15-19-25)29(26-10-6-7-11-27(26)33)34-32(37)40-20-21-8-4-3-5-9-21/h3-19,28-29H,20H2,1-2H3,(H,34,37)/t29-/m1/s1. The number of ether oxygens (including phenoxy) is 5. The van der Waals surface area contributed by atoms with Crippen LogP contribution in [0, 0.1) is 5.92 Å². The van der Waals surface area contributed by atoms with Crippen molar-refractivity contribution in [3.63, 3.8) is 0 Å². The molecule has 0 aromatic heterocycles. The molecular formula is C32H28BrNO8. The van der Waals surface area contributed by atoms with Gasteiger partial charge in [0.25, 0.3) is 0 Å². The zero-order valence-electron chi connectivity index (χ0n) is 22.8. The number of benzene rings is 4.